The van der Waals surface area contributed by atoms with Crippen LogP contribution in [0.4, 0.5) is 0 Å². The van der Waals surface area contributed by atoms with Crippen LogP contribution in [-0.2, 0) is 0 Å². The molecule has 0 atom stereocenters. The van der Waals surface area contributed by atoms with E-state index >= 15 is 0 Å². The van der Waals surface area contributed by atoms with Gasteiger partial charge < -0.3 is 0 Å². The van der Waals surface area contributed by atoms with Crippen molar-refractivity contribution in [2.24, 2.45) is 0 Å². The first-order valence-corrected chi connectivity index (χ1v) is 10.8. The molecule has 0 aliphatic rings. The van der Waals surface area contributed by atoms with E-state index in [0.717, 1.165) is 11.1 Å². The lowest BCUT2D eigenvalue weighted by Gasteiger charge is -2.15. The van der Waals surface area contributed by atoms with E-state index in [-0.39, 0.29) is 0 Å². The van der Waals surface area contributed by atoms with Crippen LogP contribution in [0.5, 0.6) is 0 Å². The van der Waals surface area contributed by atoms with Crippen LogP contribution in [0.3, 0.4) is 0 Å². The summed E-state index contributed by atoms with van der Waals surface area (Å²) in [6.07, 6.45) is 18.7. The molecule has 0 spiro atoms. The molecule has 0 amide bonds. The molecule has 0 nitrogen and oxygen atoms in total. The summed E-state index contributed by atoms with van der Waals surface area (Å²) in [5.74, 6) is 0. The lowest BCUT2D eigenvalue weighted by atomic mass is 9.89. The van der Waals surface area contributed by atoms with E-state index in [1.165, 1.54) is 38.6 Å². The molecular weight excluding hydrogens is 372 g/mol. The Balaban J connectivity index is 2.64. The van der Waals surface area contributed by atoms with Crippen molar-refractivity contribution in [3.63, 3.8) is 0 Å². The fourth-order valence-corrected chi connectivity index (χ4v) is 3.71. The highest BCUT2D eigenvalue weighted by atomic mass is 14.2. The predicted octanol–water partition coefficient (Wildman–Crippen LogP) is 9.41. The summed E-state index contributed by atoms with van der Waals surface area (Å²) in [6.45, 7) is 18.5. The minimum absolute atomic E-state index is 1.01. The van der Waals surface area contributed by atoms with E-state index in [9.17, 15) is 0 Å². The third-order valence-corrected chi connectivity index (χ3v) is 5.26. The molecule has 2 rings (SSSR count). The third-order valence-electron chi connectivity index (χ3n) is 5.26. The second-order valence-electron chi connectivity index (χ2n) is 7.56. The van der Waals surface area contributed by atoms with E-state index in [0.29, 0.717) is 0 Å². The molecule has 0 aromatic heterocycles. The maximum absolute atomic E-state index is 4.17. The number of allylic oxidation sites excluding steroid dienone is 13. The van der Waals surface area contributed by atoms with Crippen LogP contribution >= 0.6 is 0 Å². The van der Waals surface area contributed by atoms with Gasteiger partial charge in [-0.05, 0) is 78.8 Å². The van der Waals surface area contributed by atoms with E-state index in [1.54, 1.807) is 0 Å². The van der Waals surface area contributed by atoms with Gasteiger partial charge in [-0.25, -0.2) is 0 Å². The van der Waals surface area contributed by atoms with Crippen molar-refractivity contribution in [2.45, 2.75) is 34.6 Å². The van der Waals surface area contributed by atoms with Gasteiger partial charge in [0.15, 0.2) is 0 Å². The summed E-state index contributed by atoms with van der Waals surface area (Å²) in [7, 11) is 0. The molecular formula is C31H34. The SMILES string of the molecule is C=CC=CC(C(=CC)c1ccc(C=CC(=CC)C(=C)C=CC)c2ccccc12)=C(C)C. The molecule has 0 saturated carbocycles. The number of fused-ring (bicyclic) bond motifs is 1. The van der Waals surface area contributed by atoms with Gasteiger partial charge in [-0.2, -0.15) is 0 Å². The first kappa shape index (κ1) is 23.9. The van der Waals surface area contributed by atoms with Gasteiger partial charge in [0, 0.05) is 0 Å². The molecule has 0 fully saturated rings. The first-order chi connectivity index (χ1) is 15.0. The third kappa shape index (κ3) is 5.83. The molecule has 31 heavy (non-hydrogen) atoms. The van der Waals surface area contributed by atoms with Crippen molar-refractivity contribution in [1.29, 1.82) is 0 Å². The number of hydrogen-bond acceptors (Lipinski definition) is 0. The smallest absolute Gasteiger partial charge is 0.00993 e. The molecule has 0 heterocycles. The molecule has 0 radical (unpaired) electrons. The van der Waals surface area contributed by atoms with Crippen molar-refractivity contribution in [2.75, 3.05) is 0 Å². The second kappa shape index (κ2) is 11.7. The molecule has 0 N–H and O–H groups in total. The van der Waals surface area contributed by atoms with Crippen molar-refractivity contribution in [3.05, 3.63) is 132 Å². The van der Waals surface area contributed by atoms with Crippen molar-refractivity contribution in [1.82, 2.24) is 0 Å². The molecule has 2 aromatic carbocycles. The van der Waals surface area contributed by atoms with E-state index < -0.39 is 0 Å². The van der Waals surface area contributed by atoms with Gasteiger partial charge in [0.2, 0.25) is 0 Å². The quantitative estimate of drug-likeness (QED) is 0.383. The summed E-state index contributed by atoms with van der Waals surface area (Å²) in [4.78, 5) is 0. The van der Waals surface area contributed by atoms with E-state index in [4.69, 9.17) is 0 Å². The Kier molecular flexibility index (Phi) is 9.03. The van der Waals surface area contributed by atoms with Crippen molar-refractivity contribution in [3.8, 4) is 0 Å². The van der Waals surface area contributed by atoms with Crippen molar-refractivity contribution >= 4 is 22.4 Å². The fourth-order valence-electron chi connectivity index (χ4n) is 3.71. The largest absolute Gasteiger partial charge is 0.0991 e. The second-order valence-corrected chi connectivity index (χ2v) is 7.56. The zero-order valence-corrected chi connectivity index (χ0v) is 19.6. The Hall–Kier alpha value is -3.38. The normalized spacial score (nSPS) is 12.9. The highest BCUT2D eigenvalue weighted by Crippen LogP contribution is 2.34. The van der Waals surface area contributed by atoms with Gasteiger partial charge >= 0.3 is 0 Å². The summed E-state index contributed by atoms with van der Waals surface area (Å²) in [5, 5.41) is 2.49. The zero-order chi connectivity index (χ0) is 22.8. The van der Waals surface area contributed by atoms with E-state index in [2.05, 4.69) is 101 Å². The average Bonchev–Trinajstić information content (AvgIpc) is 2.77. The van der Waals surface area contributed by atoms with Gasteiger partial charge in [0.25, 0.3) is 0 Å². The summed E-state index contributed by atoms with van der Waals surface area (Å²) >= 11 is 0. The fraction of sp³-hybridized carbons (Fsp3) is 0.161. The molecule has 0 unspecified atom stereocenters. The summed E-state index contributed by atoms with van der Waals surface area (Å²) in [6, 6.07) is 13.1. The van der Waals surface area contributed by atoms with Crippen LogP contribution in [0.15, 0.2) is 120 Å². The molecule has 0 saturated heterocycles. The van der Waals surface area contributed by atoms with E-state index in [1.807, 2.05) is 38.2 Å². The minimum Gasteiger partial charge on any atom is -0.0991 e. The van der Waals surface area contributed by atoms with Crippen LogP contribution in [0.1, 0.15) is 45.7 Å². The Labute approximate surface area is 188 Å². The van der Waals surface area contributed by atoms with Crippen LogP contribution in [0, 0.1) is 0 Å². The van der Waals surface area contributed by atoms with Crippen LogP contribution in [0.25, 0.3) is 22.4 Å². The maximum atomic E-state index is 4.17. The van der Waals surface area contributed by atoms with Gasteiger partial charge in [-0.1, -0.05) is 110 Å². The number of hydrogen-bond donors (Lipinski definition) is 0. The number of rotatable bonds is 8. The minimum atomic E-state index is 1.01. The van der Waals surface area contributed by atoms with Crippen LogP contribution < -0.4 is 0 Å². The monoisotopic (exact) mass is 406 g/mol. The standard InChI is InChI=1S/C31H34/c1-8-12-16-28(23(5)6)27(11-4)31-22-21-26(29-17-13-14-18-30(29)31)20-19-25(10-3)24(7)15-9-2/h8-22H,1,7H2,2-6H3. The van der Waals surface area contributed by atoms with Crippen molar-refractivity contribution < 1.29 is 0 Å². The summed E-state index contributed by atoms with van der Waals surface area (Å²) < 4.78 is 0. The average molecular weight is 407 g/mol. The van der Waals surface area contributed by atoms with Gasteiger partial charge in [-0.15, -0.1) is 0 Å². The molecule has 0 heteroatoms. The lowest BCUT2D eigenvalue weighted by molar-refractivity contribution is 1.34. The lowest BCUT2D eigenvalue weighted by Crippen LogP contribution is -1.93. The van der Waals surface area contributed by atoms with Crippen LogP contribution in [-0.4, -0.2) is 0 Å². The molecule has 0 aliphatic heterocycles. The zero-order valence-electron chi connectivity index (χ0n) is 19.6. The van der Waals surface area contributed by atoms with Gasteiger partial charge in [0.1, 0.15) is 0 Å². The summed E-state index contributed by atoms with van der Waals surface area (Å²) in [5.41, 5.74) is 8.32. The molecule has 0 aliphatic carbocycles. The highest BCUT2D eigenvalue weighted by molar-refractivity contribution is 6.02. The molecule has 158 valence electrons. The predicted molar refractivity (Wildman–Crippen MR) is 142 cm³/mol. The Bertz CT molecular complexity index is 1130. The first-order valence-electron chi connectivity index (χ1n) is 10.8. The Morgan fingerprint density at radius 3 is 2.13 bits per heavy atom. The maximum Gasteiger partial charge on any atom is -0.00993 e. The Morgan fingerprint density at radius 2 is 1.55 bits per heavy atom. The molecule has 2 aromatic rings. The highest BCUT2D eigenvalue weighted by Gasteiger charge is 2.11. The topological polar surface area (TPSA) is 0 Å². The van der Waals surface area contributed by atoms with Gasteiger partial charge in [0.05, 0.1) is 0 Å². The molecule has 0 bridgehead atoms. The van der Waals surface area contributed by atoms with Gasteiger partial charge in [-0.3, -0.25) is 0 Å². The Morgan fingerprint density at radius 1 is 0.839 bits per heavy atom. The number of benzene rings is 2. The van der Waals surface area contributed by atoms with Crippen LogP contribution in [0.2, 0.25) is 0 Å².